The van der Waals surface area contributed by atoms with Crippen molar-refractivity contribution in [1.82, 2.24) is 5.32 Å². The van der Waals surface area contributed by atoms with Gasteiger partial charge in [0.05, 0.1) is 0 Å². The molecule has 1 fully saturated rings. The Morgan fingerprint density at radius 1 is 1.27 bits per heavy atom. The molecule has 1 rings (SSSR count). The Bertz CT molecular complexity index is 509. The van der Waals surface area contributed by atoms with Crippen molar-refractivity contribution in [1.29, 1.82) is 5.26 Å². The highest BCUT2D eigenvalue weighted by atomic mass is 16.5. The molecule has 0 aliphatic heterocycles. The number of esters is 1. The Labute approximate surface area is 129 Å². The van der Waals surface area contributed by atoms with Crippen LogP contribution in [0.15, 0.2) is 11.3 Å². The Balaban J connectivity index is 2.32. The van der Waals surface area contributed by atoms with Gasteiger partial charge in [0, 0.05) is 11.6 Å². The fraction of sp³-hybridized carbons (Fsp3) is 0.600. The average Bonchev–Trinajstić information content (AvgIpc) is 2.51. The standard InChI is InChI=1S/C15H21N3O4/c1-10(17)12(7-16)13(19)9-22-14(20)8-18-15(21)11-5-3-2-4-6-11/h11H,2-6,8-9,17H2,1H3,(H,18,21)/b12-10+. The summed E-state index contributed by atoms with van der Waals surface area (Å²) in [6, 6.07) is 1.66. The summed E-state index contributed by atoms with van der Waals surface area (Å²) < 4.78 is 4.73. The molecule has 0 aromatic heterocycles. The van der Waals surface area contributed by atoms with Gasteiger partial charge in [-0.3, -0.25) is 14.4 Å². The van der Waals surface area contributed by atoms with E-state index in [-0.39, 0.29) is 29.6 Å². The maximum absolute atomic E-state index is 11.8. The molecule has 7 nitrogen and oxygen atoms in total. The van der Waals surface area contributed by atoms with Crippen LogP contribution in [-0.2, 0) is 19.1 Å². The zero-order chi connectivity index (χ0) is 16.5. The third-order valence-electron chi connectivity index (χ3n) is 3.53. The molecular formula is C15H21N3O4. The summed E-state index contributed by atoms with van der Waals surface area (Å²) in [5.41, 5.74) is 5.23. The van der Waals surface area contributed by atoms with Crippen LogP contribution in [0.25, 0.3) is 0 Å². The molecular weight excluding hydrogens is 286 g/mol. The van der Waals surface area contributed by atoms with E-state index in [2.05, 4.69) is 5.32 Å². The van der Waals surface area contributed by atoms with Crippen LogP contribution in [0.4, 0.5) is 0 Å². The smallest absolute Gasteiger partial charge is 0.325 e. The third-order valence-corrected chi connectivity index (χ3v) is 3.53. The molecule has 1 aliphatic rings. The number of hydrogen-bond acceptors (Lipinski definition) is 6. The molecule has 0 radical (unpaired) electrons. The summed E-state index contributed by atoms with van der Waals surface area (Å²) in [7, 11) is 0. The van der Waals surface area contributed by atoms with Crippen LogP contribution in [0.3, 0.4) is 0 Å². The first-order valence-electron chi connectivity index (χ1n) is 7.28. The summed E-state index contributed by atoms with van der Waals surface area (Å²) in [6.45, 7) is 0.577. The zero-order valence-corrected chi connectivity index (χ0v) is 12.7. The molecule has 22 heavy (non-hydrogen) atoms. The molecule has 0 aromatic carbocycles. The monoisotopic (exact) mass is 307 g/mol. The number of carbonyl (C=O) groups is 3. The highest BCUT2D eigenvalue weighted by Crippen LogP contribution is 2.23. The summed E-state index contributed by atoms with van der Waals surface area (Å²) in [5.74, 6) is -1.58. The number of carbonyl (C=O) groups excluding carboxylic acids is 3. The predicted molar refractivity (Wildman–Crippen MR) is 78.1 cm³/mol. The van der Waals surface area contributed by atoms with Gasteiger partial charge in [0.1, 0.15) is 18.2 Å². The van der Waals surface area contributed by atoms with Crippen LogP contribution >= 0.6 is 0 Å². The summed E-state index contributed by atoms with van der Waals surface area (Å²) >= 11 is 0. The summed E-state index contributed by atoms with van der Waals surface area (Å²) in [6.07, 6.45) is 4.87. The van der Waals surface area contributed by atoms with Crippen LogP contribution in [0.5, 0.6) is 0 Å². The SMILES string of the molecule is C/C(N)=C(/C#N)C(=O)COC(=O)CNC(=O)C1CCCCC1. The largest absolute Gasteiger partial charge is 0.456 e. The minimum absolute atomic E-state index is 0.0452. The number of ether oxygens (including phenoxy) is 1. The van der Waals surface area contributed by atoms with Crippen LogP contribution < -0.4 is 11.1 Å². The minimum atomic E-state index is -0.718. The first-order chi connectivity index (χ1) is 10.5. The maximum atomic E-state index is 11.8. The van der Waals surface area contributed by atoms with E-state index in [9.17, 15) is 14.4 Å². The van der Waals surface area contributed by atoms with Crippen LogP contribution in [0.2, 0.25) is 0 Å². The molecule has 1 amide bonds. The number of amides is 1. The Morgan fingerprint density at radius 2 is 1.91 bits per heavy atom. The topological polar surface area (TPSA) is 122 Å². The fourth-order valence-electron chi connectivity index (χ4n) is 2.31. The van der Waals surface area contributed by atoms with E-state index in [1.165, 1.54) is 6.92 Å². The van der Waals surface area contributed by atoms with Crippen molar-refractivity contribution >= 4 is 17.7 Å². The molecule has 0 unspecified atom stereocenters. The summed E-state index contributed by atoms with van der Waals surface area (Å²) in [5, 5.41) is 11.3. The molecule has 0 spiro atoms. The van der Waals surface area contributed by atoms with Gasteiger partial charge in [0.25, 0.3) is 0 Å². The molecule has 0 heterocycles. The molecule has 0 saturated heterocycles. The average molecular weight is 307 g/mol. The van der Waals surface area contributed by atoms with Gasteiger partial charge in [-0.1, -0.05) is 19.3 Å². The maximum Gasteiger partial charge on any atom is 0.325 e. The van der Waals surface area contributed by atoms with Gasteiger partial charge >= 0.3 is 5.97 Å². The van der Waals surface area contributed by atoms with Gasteiger partial charge in [-0.05, 0) is 19.8 Å². The number of nitrogens with one attached hydrogen (secondary N) is 1. The van der Waals surface area contributed by atoms with Crippen molar-refractivity contribution in [3.05, 3.63) is 11.3 Å². The van der Waals surface area contributed by atoms with Crippen molar-refractivity contribution in [2.24, 2.45) is 11.7 Å². The Kier molecular flexibility index (Phi) is 7.09. The van der Waals surface area contributed by atoms with Gasteiger partial charge in [0.2, 0.25) is 11.7 Å². The molecule has 1 saturated carbocycles. The molecule has 7 heteroatoms. The number of allylic oxidation sites excluding steroid dienone is 1. The van der Waals surface area contributed by atoms with E-state index >= 15 is 0 Å². The molecule has 0 aromatic rings. The van der Waals surface area contributed by atoms with E-state index in [1.54, 1.807) is 6.07 Å². The third kappa shape index (κ3) is 5.56. The van der Waals surface area contributed by atoms with Crippen molar-refractivity contribution in [2.45, 2.75) is 39.0 Å². The second kappa shape index (κ2) is 8.82. The molecule has 0 bridgehead atoms. The highest BCUT2D eigenvalue weighted by Gasteiger charge is 2.21. The zero-order valence-electron chi connectivity index (χ0n) is 12.7. The number of nitrogens with zero attached hydrogens (tertiary/aromatic N) is 1. The van der Waals surface area contributed by atoms with Crippen molar-refractivity contribution in [3.8, 4) is 6.07 Å². The quantitative estimate of drug-likeness (QED) is 0.420. The lowest BCUT2D eigenvalue weighted by molar-refractivity contribution is -0.147. The van der Waals surface area contributed by atoms with Crippen molar-refractivity contribution in [3.63, 3.8) is 0 Å². The van der Waals surface area contributed by atoms with Gasteiger partial charge in [-0.15, -0.1) is 0 Å². The number of rotatable bonds is 6. The van der Waals surface area contributed by atoms with E-state index < -0.39 is 18.4 Å². The lowest BCUT2D eigenvalue weighted by Gasteiger charge is -2.20. The van der Waals surface area contributed by atoms with E-state index in [0.717, 1.165) is 32.1 Å². The first kappa shape index (κ1) is 17.7. The van der Waals surface area contributed by atoms with Gasteiger partial charge in [-0.25, -0.2) is 0 Å². The van der Waals surface area contributed by atoms with Crippen molar-refractivity contribution in [2.75, 3.05) is 13.2 Å². The lowest BCUT2D eigenvalue weighted by atomic mass is 9.89. The van der Waals surface area contributed by atoms with Crippen molar-refractivity contribution < 1.29 is 19.1 Å². The van der Waals surface area contributed by atoms with E-state index in [1.807, 2.05) is 0 Å². The number of nitrogens with two attached hydrogens (primary N) is 1. The van der Waals surface area contributed by atoms with Crippen LogP contribution in [-0.4, -0.2) is 30.8 Å². The number of Topliss-reactive ketones (excluding diaryl/α,β-unsaturated/α-hetero) is 1. The second-order valence-electron chi connectivity index (χ2n) is 5.31. The minimum Gasteiger partial charge on any atom is -0.456 e. The van der Waals surface area contributed by atoms with Gasteiger partial charge in [-0.2, -0.15) is 5.26 Å². The molecule has 3 N–H and O–H groups in total. The predicted octanol–water partition coefficient (Wildman–Crippen LogP) is 0.551. The second-order valence-corrected chi connectivity index (χ2v) is 5.31. The number of ketones is 1. The molecule has 120 valence electrons. The molecule has 0 atom stereocenters. The van der Waals surface area contributed by atoms with Crippen LogP contribution in [0.1, 0.15) is 39.0 Å². The van der Waals surface area contributed by atoms with Gasteiger partial charge in [0.15, 0.2) is 6.61 Å². The Hall–Kier alpha value is -2.36. The van der Waals surface area contributed by atoms with Gasteiger partial charge < -0.3 is 15.8 Å². The number of hydrogen-bond donors (Lipinski definition) is 2. The number of nitriles is 1. The molecule has 1 aliphatic carbocycles. The van der Waals surface area contributed by atoms with E-state index in [0.29, 0.717) is 0 Å². The van der Waals surface area contributed by atoms with E-state index in [4.69, 9.17) is 15.7 Å². The lowest BCUT2D eigenvalue weighted by Crippen LogP contribution is -2.36. The fourth-order valence-corrected chi connectivity index (χ4v) is 2.31. The highest BCUT2D eigenvalue weighted by molar-refractivity contribution is 6.01. The normalized spacial score (nSPS) is 16.2. The Morgan fingerprint density at radius 3 is 2.45 bits per heavy atom. The first-order valence-corrected chi connectivity index (χ1v) is 7.28. The van der Waals surface area contributed by atoms with Crippen LogP contribution in [0, 0.1) is 17.2 Å². The summed E-state index contributed by atoms with van der Waals surface area (Å²) in [4.78, 5) is 34.9.